The van der Waals surface area contributed by atoms with Gasteiger partial charge in [-0.1, -0.05) is 6.07 Å². The molecule has 2 aliphatic rings. The van der Waals surface area contributed by atoms with Crippen molar-refractivity contribution in [3.63, 3.8) is 0 Å². The Kier molecular flexibility index (Phi) is 5.04. The number of rotatable bonds is 6. The van der Waals surface area contributed by atoms with Gasteiger partial charge in [-0.2, -0.15) is 0 Å². The molecule has 0 aromatic carbocycles. The third kappa shape index (κ3) is 3.88. The van der Waals surface area contributed by atoms with Crippen molar-refractivity contribution in [2.75, 3.05) is 19.6 Å². The van der Waals surface area contributed by atoms with Gasteiger partial charge < -0.3 is 19.2 Å². The van der Waals surface area contributed by atoms with Gasteiger partial charge in [-0.25, -0.2) is 0 Å². The molecule has 1 atom stereocenters. The first kappa shape index (κ1) is 16.6. The van der Waals surface area contributed by atoms with Crippen LogP contribution in [-0.2, 0) is 25.9 Å². The van der Waals surface area contributed by atoms with Crippen molar-refractivity contribution in [1.82, 2.24) is 14.8 Å². The van der Waals surface area contributed by atoms with Crippen molar-refractivity contribution in [1.29, 1.82) is 0 Å². The second-order valence-electron chi connectivity index (χ2n) is 7.24. The van der Waals surface area contributed by atoms with Crippen LogP contribution in [0.25, 0.3) is 0 Å². The summed E-state index contributed by atoms with van der Waals surface area (Å²) in [5.74, 6) is 0.974. The number of hydrogen-bond acceptors (Lipinski definition) is 4. The summed E-state index contributed by atoms with van der Waals surface area (Å²) in [6, 6.07) is 8.15. The molecule has 1 aliphatic carbocycles. The molecular weight excluding hydrogens is 314 g/mol. The van der Waals surface area contributed by atoms with Crippen molar-refractivity contribution in [3.05, 3.63) is 57.9 Å². The van der Waals surface area contributed by atoms with Gasteiger partial charge in [0.1, 0.15) is 5.76 Å². The Morgan fingerprint density at radius 2 is 2.04 bits per heavy atom. The lowest BCUT2D eigenvalue weighted by Gasteiger charge is -2.28. The summed E-state index contributed by atoms with van der Waals surface area (Å²) in [6.45, 7) is 4.95. The van der Waals surface area contributed by atoms with Crippen LogP contribution in [-0.4, -0.2) is 35.1 Å². The lowest BCUT2D eigenvalue weighted by atomic mass is 9.91. The standard InChI is InChI=1S/C20H27N3O2/c24-20-8-5-16-14-17(21-15-18-4-3-13-25-18)6-7-19(16)23(20)12-11-22-9-1-2-10-22/h3-5,8,13,17,21H,1-2,6-7,9-12,14-15H2/t17-/m0/s1. The number of nitrogens with zero attached hydrogens (tertiary/aromatic N) is 2. The Morgan fingerprint density at radius 3 is 2.84 bits per heavy atom. The average molecular weight is 341 g/mol. The first-order valence-corrected chi connectivity index (χ1v) is 9.49. The number of likely N-dealkylation sites (tertiary alicyclic amines) is 1. The second-order valence-corrected chi connectivity index (χ2v) is 7.24. The summed E-state index contributed by atoms with van der Waals surface area (Å²) >= 11 is 0. The maximum Gasteiger partial charge on any atom is 0.250 e. The number of furan rings is 1. The number of aromatic nitrogens is 1. The number of fused-ring (bicyclic) bond motifs is 1. The van der Waals surface area contributed by atoms with Crippen molar-refractivity contribution < 1.29 is 4.42 Å². The molecule has 0 saturated carbocycles. The summed E-state index contributed by atoms with van der Waals surface area (Å²) in [6.07, 6.45) is 7.34. The molecule has 1 fully saturated rings. The molecule has 1 saturated heterocycles. The molecule has 1 aliphatic heterocycles. The van der Waals surface area contributed by atoms with Gasteiger partial charge in [0.2, 0.25) is 0 Å². The predicted octanol–water partition coefficient (Wildman–Crippen LogP) is 2.18. The topological polar surface area (TPSA) is 50.4 Å². The van der Waals surface area contributed by atoms with Gasteiger partial charge in [-0.05, 0) is 62.9 Å². The van der Waals surface area contributed by atoms with Crippen LogP contribution in [0.3, 0.4) is 0 Å². The van der Waals surface area contributed by atoms with Crippen molar-refractivity contribution in [2.24, 2.45) is 0 Å². The monoisotopic (exact) mass is 341 g/mol. The molecule has 0 radical (unpaired) electrons. The lowest BCUT2D eigenvalue weighted by Crippen LogP contribution is -2.38. The number of hydrogen-bond donors (Lipinski definition) is 1. The SMILES string of the molecule is O=c1ccc2c(n1CCN1CCCC1)CC[C@H](NCc1ccco1)C2. The molecule has 2 aromatic rings. The van der Waals surface area contributed by atoms with E-state index in [0.29, 0.717) is 6.04 Å². The van der Waals surface area contributed by atoms with Gasteiger partial charge in [0.15, 0.2) is 0 Å². The molecule has 0 unspecified atom stereocenters. The van der Waals surface area contributed by atoms with Crippen molar-refractivity contribution in [2.45, 2.75) is 51.2 Å². The highest BCUT2D eigenvalue weighted by atomic mass is 16.3. The van der Waals surface area contributed by atoms with Crippen LogP contribution in [0.15, 0.2) is 39.7 Å². The number of pyridine rings is 1. The van der Waals surface area contributed by atoms with E-state index in [1.807, 2.05) is 22.8 Å². The van der Waals surface area contributed by atoms with Crippen molar-refractivity contribution in [3.8, 4) is 0 Å². The Hall–Kier alpha value is -1.85. The van der Waals surface area contributed by atoms with Gasteiger partial charge in [0.05, 0.1) is 12.8 Å². The third-order valence-corrected chi connectivity index (χ3v) is 5.57. The van der Waals surface area contributed by atoms with Gasteiger partial charge in [-0.15, -0.1) is 0 Å². The van der Waals surface area contributed by atoms with Gasteiger partial charge in [0, 0.05) is 30.9 Å². The Labute approximate surface area is 148 Å². The minimum atomic E-state index is 0.153. The maximum atomic E-state index is 12.4. The molecular formula is C20H27N3O2. The van der Waals surface area contributed by atoms with Gasteiger partial charge >= 0.3 is 0 Å². The largest absolute Gasteiger partial charge is 0.468 e. The molecule has 0 spiro atoms. The van der Waals surface area contributed by atoms with Crippen LogP contribution in [0, 0.1) is 0 Å². The van der Waals surface area contributed by atoms with Gasteiger partial charge in [0.25, 0.3) is 5.56 Å². The molecule has 2 aromatic heterocycles. The summed E-state index contributed by atoms with van der Waals surface area (Å²) in [5, 5.41) is 3.59. The quantitative estimate of drug-likeness (QED) is 0.875. The van der Waals surface area contributed by atoms with Gasteiger partial charge in [-0.3, -0.25) is 4.79 Å². The van der Waals surface area contributed by atoms with Crippen LogP contribution in [0.5, 0.6) is 0 Å². The Morgan fingerprint density at radius 1 is 1.16 bits per heavy atom. The molecule has 1 N–H and O–H groups in total. The van der Waals surface area contributed by atoms with Crippen LogP contribution in [0.1, 0.15) is 36.3 Å². The highest BCUT2D eigenvalue weighted by molar-refractivity contribution is 5.25. The van der Waals surface area contributed by atoms with E-state index in [4.69, 9.17) is 4.42 Å². The fraction of sp³-hybridized carbons (Fsp3) is 0.550. The zero-order valence-electron chi connectivity index (χ0n) is 14.7. The average Bonchev–Trinajstić information content (AvgIpc) is 3.33. The zero-order valence-corrected chi connectivity index (χ0v) is 14.7. The summed E-state index contributed by atoms with van der Waals surface area (Å²) in [7, 11) is 0. The molecule has 0 bridgehead atoms. The maximum absolute atomic E-state index is 12.4. The van der Waals surface area contributed by atoms with Crippen LogP contribution in [0.2, 0.25) is 0 Å². The molecule has 3 heterocycles. The Balaban J connectivity index is 1.41. The molecule has 0 amide bonds. The minimum Gasteiger partial charge on any atom is -0.468 e. The van der Waals surface area contributed by atoms with E-state index in [0.717, 1.165) is 44.7 Å². The van der Waals surface area contributed by atoms with E-state index in [-0.39, 0.29) is 5.56 Å². The highest BCUT2D eigenvalue weighted by Crippen LogP contribution is 2.21. The van der Waals surface area contributed by atoms with Crippen LogP contribution >= 0.6 is 0 Å². The third-order valence-electron chi connectivity index (χ3n) is 5.57. The lowest BCUT2D eigenvalue weighted by molar-refractivity contribution is 0.316. The van der Waals surface area contributed by atoms with E-state index in [1.165, 1.54) is 37.2 Å². The Bertz CT molecular complexity index is 745. The van der Waals surface area contributed by atoms with E-state index in [2.05, 4.69) is 10.2 Å². The fourth-order valence-electron chi connectivity index (χ4n) is 4.15. The molecule has 5 heteroatoms. The molecule has 134 valence electrons. The molecule has 25 heavy (non-hydrogen) atoms. The summed E-state index contributed by atoms with van der Waals surface area (Å²) in [5.41, 5.74) is 2.73. The van der Waals surface area contributed by atoms with E-state index >= 15 is 0 Å². The zero-order chi connectivity index (χ0) is 17.1. The minimum absolute atomic E-state index is 0.153. The molecule has 5 nitrogen and oxygen atoms in total. The summed E-state index contributed by atoms with van der Waals surface area (Å²) in [4.78, 5) is 14.8. The smallest absolute Gasteiger partial charge is 0.250 e. The first-order valence-electron chi connectivity index (χ1n) is 9.49. The predicted molar refractivity (Wildman–Crippen MR) is 97.7 cm³/mol. The van der Waals surface area contributed by atoms with Crippen LogP contribution < -0.4 is 10.9 Å². The summed E-state index contributed by atoms with van der Waals surface area (Å²) < 4.78 is 7.42. The normalized spacial score (nSPS) is 20.7. The first-order chi connectivity index (χ1) is 12.3. The fourth-order valence-corrected chi connectivity index (χ4v) is 4.15. The van der Waals surface area contributed by atoms with Crippen LogP contribution in [0.4, 0.5) is 0 Å². The second kappa shape index (κ2) is 7.58. The molecule has 4 rings (SSSR count). The number of nitrogens with one attached hydrogen (secondary N) is 1. The highest BCUT2D eigenvalue weighted by Gasteiger charge is 2.22. The van der Waals surface area contributed by atoms with Crippen molar-refractivity contribution >= 4 is 0 Å². The van der Waals surface area contributed by atoms with E-state index in [1.54, 1.807) is 12.3 Å². The van der Waals surface area contributed by atoms with E-state index in [9.17, 15) is 4.79 Å². The van der Waals surface area contributed by atoms with E-state index < -0.39 is 0 Å².